The average Bonchev–Trinajstić information content (AvgIpc) is 2.94. The third kappa shape index (κ3) is 2.20. The maximum absolute atomic E-state index is 11.1. The molecule has 0 unspecified atom stereocenters. The fourth-order valence-corrected chi connectivity index (χ4v) is 3.14. The summed E-state index contributed by atoms with van der Waals surface area (Å²) in [6, 6.07) is 7.18. The van der Waals surface area contributed by atoms with Gasteiger partial charge in [0.25, 0.3) is 0 Å². The van der Waals surface area contributed by atoms with E-state index in [1.54, 1.807) is 23.5 Å². The van der Waals surface area contributed by atoms with Crippen LogP contribution in [0.5, 0.6) is 0 Å². The van der Waals surface area contributed by atoms with E-state index < -0.39 is 5.97 Å². The lowest BCUT2D eigenvalue weighted by Gasteiger charge is -2.03. The van der Waals surface area contributed by atoms with Crippen LogP contribution in [0, 0.1) is 13.8 Å². The van der Waals surface area contributed by atoms with Gasteiger partial charge in [-0.3, -0.25) is 0 Å². The molecule has 0 spiro atoms. The highest BCUT2D eigenvalue weighted by molar-refractivity contribution is 7.11. The van der Waals surface area contributed by atoms with Crippen LogP contribution in [-0.4, -0.2) is 20.6 Å². The van der Waals surface area contributed by atoms with Crippen LogP contribution in [0.1, 0.15) is 25.9 Å². The Balaban J connectivity index is 2.02. The topological polar surface area (TPSA) is 55.1 Å². The minimum atomic E-state index is -0.902. The van der Waals surface area contributed by atoms with E-state index in [9.17, 15) is 4.79 Å². The van der Waals surface area contributed by atoms with Gasteiger partial charge in [0.05, 0.1) is 17.8 Å². The van der Waals surface area contributed by atoms with Crippen LogP contribution in [0.25, 0.3) is 10.9 Å². The maximum atomic E-state index is 11.1. The molecule has 1 aromatic carbocycles. The molecule has 0 atom stereocenters. The number of fused-ring (bicyclic) bond motifs is 1. The number of thiazole rings is 1. The van der Waals surface area contributed by atoms with E-state index in [4.69, 9.17) is 5.11 Å². The number of carbonyl (C=O) groups is 1. The maximum Gasteiger partial charge on any atom is 0.335 e. The van der Waals surface area contributed by atoms with E-state index in [2.05, 4.69) is 11.9 Å². The number of aromatic carboxylic acids is 1. The molecule has 4 nitrogen and oxygen atoms in total. The lowest BCUT2D eigenvalue weighted by Crippen LogP contribution is -2.00. The molecule has 1 N–H and O–H groups in total. The van der Waals surface area contributed by atoms with Gasteiger partial charge in [-0.05, 0) is 37.4 Å². The number of benzene rings is 1. The summed E-state index contributed by atoms with van der Waals surface area (Å²) in [5.41, 5.74) is 2.30. The minimum Gasteiger partial charge on any atom is -0.478 e. The van der Waals surface area contributed by atoms with Crippen molar-refractivity contribution in [3.8, 4) is 0 Å². The molecule has 0 radical (unpaired) electrons. The van der Waals surface area contributed by atoms with Crippen molar-refractivity contribution in [1.82, 2.24) is 9.55 Å². The zero-order valence-electron chi connectivity index (χ0n) is 11.3. The number of carboxylic acid groups (broad SMARTS) is 1. The first kappa shape index (κ1) is 12.9. The van der Waals surface area contributed by atoms with Crippen LogP contribution in [0.4, 0.5) is 0 Å². The Morgan fingerprint density at radius 3 is 2.80 bits per heavy atom. The number of carboxylic acids is 1. The second-order valence-electron chi connectivity index (χ2n) is 4.77. The monoisotopic (exact) mass is 286 g/mol. The number of aromatic nitrogens is 2. The molecule has 0 aliphatic heterocycles. The molecule has 0 amide bonds. The van der Waals surface area contributed by atoms with Crippen molar-refractivity contribution in [3.05, 3.63) is 51.6 Å². The Hall–Kier alpha value is -2.14. The lowest BCUT2D eigenvalue weighted by molar-refractivity contribution is 0.0697. The van der Waals surface area contributed by atoms with E-state index in [1.807, 2.05) is 29.8 Å². The fraction of sp³-hybridized carbons (Fsp3) is 0.200. The summed E-state index contributed by atoms with van der Waals surface area (Å²) in [6.45, 7) is 4.74. The number of nitrogens with zero attached hydrogens (tertiary/aromatic N) is 2. The summed E-state index contributed by atoms with van der Waals surface area (Å²) in [5, 5.41) is 11.2. The standard InChI is InChI=1S/C15H14N2O2S/c1-9-10(2)20-14(16-9)8-17-6-5-11-3-4-12(15(18)19)7-13(11)17/h3-7H,8H2,1-2H3,(H,18,19). The average molecular weight is 286 g/mol. The highest BCUT2D eigenvalue weighted by atomic mass is 32.1. The molecule has 0 saturated carbocycles. The Morgan fingerprint density at radius 1 is 1.35 bits per heavy atom. The first-order valence-corrected chi connectivity index (χ1v) is 7.11. The molecule has 0 bridgehead atoms. The van der Waals surface area contributed by atoms with Crippen molar-refractivity contribution in [3.63, 3.8) is 0 Å². The number of rotatable bonds is 3. The summed E-state index contributed by atoms with van der Waals surface area (Å²) >= 11 is 1.68. The summed E-state index contributed by atoms with van der Waals surface area (Å²) in [7, 11) is 0. The summed E-state index contributed by atoms with van der Waals surface area (Å²) in [4.78, 5) is 16.8. The van der Waals surface area contributed by atoms with Gasteiger partial charge in [-0.2, -0.15) is 0 Å². The van der Waals surface area contributed by atoms with Crippen molar-refractivity contribution < 1.29 is 9.90 Å². The molecule has 0 saturated heterocycles. The molecule has 20 heavy (non-hydrogen) atoms. The van der Waals surface area contributed by atoms with Crippen LogP contribution >= 0.6 is 11.3 Å². The first-order valence-electron chi connectivity index (χ1n) is 6.29. The van der Waals surface area contributed by atoms with Gasteiger partial charge in [-0.25, -0.2) is 9.78 Å². The zero-order chi connectivity index (χ0) is 14.3. The highest BCUT2D eigenvalue weighted by Crippen LogP contribution is 2.22. The molecule has 102 valence electrons. The van der Waals surface area contributed by atoms with Gasteiger partial charge in [0.1, 0.15) is 5.01 Å². The summed E-state index contributed by atoms with van der Waals surface area (Å²) in [6.07, 6.45) is 1.97. The highest BCUT2D eigenvalue weighted by Gasteiger charge is 2.09. The van der Waals surface area contributed by atoms with Gasteiger partial charge in [0, 0.05) is 16.6 Å². The first-order chi connectivity index (χ1) is 9.54. The van der Waals surface area contributed by atoms with Gasteiger partial charge in [-0.1, -0.05) is 6.07 Å². The molecule has 3 rings (SSSR count). The van der Waals surface area contributed by atoms with E-state index in [0.29, 0.717) is 12.1 Å². The Labute approximate surface area is 120 Å². The molecule has 0 aliphatic carbocycles. The van der Waals surface area contributed by atoms with Crippen molar-refractivity contribution in [2.45, 2.75) is 20.4 Å². The predicted molar refractivity (Wildman–Crippen MR) is 79.6 cm³/mol. The van der Waals surface area contributed by atoms with Crippen molar-refractivity contribution in [2.24, 2.45) is 0 Å². The number of hydrogen-bond acceptors (Lipinski definition) is 3. The van der Waals surface area contributed by atoms with Crippen LogP contribution in [0.2, 0.25) is 0 Å². The van der Waals surface area contributed by atoms with E-state index >= 15 is 0 Å². The van der Waals surface area contributed by atoms with E-state index in [0.717, 1.165) is 21.6 Å². The zero-order valence-corrected chi connectivity index (χ0v) is 12.1. The Bertz CT molecular complexity index is 782. The molecule has 0 aliphatic rings. The largest absolute Gasteiger partial charge is 0.478 e. The fourth-order valence-electron chi connectivity index (χ4n) is 2.21. The van der Waals surface area contributed by atoms with Crippen molar-refractivity contribution in [2.75, 3.05) is 0 Å². The molecule has 3 aromatic rings. The summed E-state index contributed by atoms with van der Waals surface area (Å²) in [5.74, 6) is -0.902. The van der Waals surface area contributed by atoms with E-state index in [1.165, 1.54) is 4.88 Å². The van der Waals surface area contributed by atoms with E-state index in [-0.39, 0.29) is 0 Å². The van der Waals surface area contributed by atoms with Crippen LogP contribution in [0.15, 0.2) is 30.5 Å². The van der Waals surface area contributed by atoms with Crippen LogP contribution < -0.4 is 0 Å². The third-order valence-corrected chi connectivity index (χ3v) is 4.46. The molecular weight excluding hydrogens is 272 g/mol. The molecule has 5 heteroatoms. The Kier molecular flexibility index (Phi) is 3.06. The normalized spacial score (nSPS) is 11.1. The van der Waals surface area contributed by atoms with Crippen LogP contribution in [-0.2, 0) is 6.54 Å². The van der Waals surface area contributed by atoms with Gasteiger partial charge >= 0.3 is 5.97 Å². The second-order valence-corrected chi connectivity index (χ2v) is 6.06. The molecule has 2 aromatic heterocycles. The van der Waals surface area contributed by atoms with Gasteiger partial charge in [-0.15, -0.1) is 11.3 Å². The van der Waals surface area contributed by atoms with Crippen molar-refractivity contribution >= 4 is 28.2 Å². The molecular formula is C15H14N2O2S. The van der Waals surface area contributed by atoms with Gasteiger partial charge in [0.15, 0.2) is 0 Å². The smallest absolute Gasteiger partial charge is 0.335 e. The minimum absolute atomic E-state index is 0.309. The number of hydrogen-bond donors (Lipinski definition) is 1. The quantitative estimate of drug-likeness (QED) is 0.802. The number of aryl methyl sites for hydroxylation is 2. The summed E-state index contributed by atoms with van der Waals surface area (Å²) < 4.78 is 2.04. The third-order valence-electron chi connectivity index (χ3n) is 3.40. The Morgan fingerprint density at radius 2 is 2.15 bits per heavy atom. The van der Waals surface area contributed by atoms with Gasteiger partial charge < -0.3 is 9.67 Å². The van der Waals surface area contributed by atoms with Crippen molar-refractivity contribution in [1.29, 1.82) is 0 Å². The van der Waals surface area contributed by atoms with Gasteiger partial charge in [0.2, 0.25) is 0 Å². The molecule has 2 heterocycles. The lowest BCUT2D eigenvalue weighted by atomic mass is 10.2. The molecule has 0 fully saturated rings. The SMILES string of the molecule is Cc1nc(Cn2ccc3ccc(C(=O)O)cc32)sc1C. The van der Waals surface area contributed by atoms with Crippen LogP contribution in [0.3, 0.4) is 0 Å². The predicted octanol–water partition coefficient (Wildman–Crippen LogP) is 3.46. The second kappa shape index (κ2) is 4.76.